The summed E-state index contributed by atoms with van der Waals surface area (Å²) in [5.74, 6) is -0.536. The van der Waals surface area contributed by atoms with Crippen LogP contribution >= 0.6 is 0 Å². The van der Waals surface area contributed by atoms with Gasteiger partial charge in [-0.25, -0.2) is 0 Å². The second kappa shape index (κ2) is 10.9. The molecule has 0 aliphatic carbocycles. The van der Waals surface area contributed by atoms with Crippen molar-refractivity contribution in [3.8, 4) is 0 Å². The van der Waals surface area contributed by atoms with E-state index in [-0.39, 0.29) is 23.9 Å². The van der Waals surface area contributed by atoms with Crippen molar-refractivity contribution < 1.29 is 14.5 Å². The Morgan fingerprint density at radius 1 is 1.03 bits per heavy atom. The van der Waals surface area contributed by atoms with Crippen LogP contribution in [0.4, 0.5) is 11.4 Å². The predicted molar refractivity (Wildman–Crippen MR) is 112 cm³/mol. The molecule has 0 fully saturated rings. The van der Waals surface area contributed by atoms with Crippen LogP contribution in [0, 0.1) is 10.1 Å². The number of carbonyl (C=O) groups excluding carboxylic acids is 2. The lowest BCUT2D eigenvalue weighted by atomic mass is 10.1. The summed E-state index contributed by atoms with van der Waals surface area (Å²) >= 11 is 0. The van der Waals surface area contributed by atoms with Crippen molar-refractivity contribution >= 4 is 23.2 Å². The van der Waals surface area contributed by atoms with E-state index in [0.717, 1.165) is 19.6 Å². The molecule has 8 heteroatoms. The number of hydrogen-bond acceptors (Lipinski definition) is 5. The van der Waals surface area contributed by atoms with Crippen LogP contribution in [0.3, 0.4) is 0 Å². The van der Waals surface area contributed by atoms with E-state index >= 15 is 0 Å². The van der Waals surface area contributed by atoms with E-state index in [4.69, 9.17) is 0 Å². The fraction of sp³-hybridized carbons (Fsp3) is 0.333. The highest BCUT2D eigenvalue weighted by Crippen LogP contribution is 2.19. The van der Waals surface area contributed by atoms with Crippen LogP contribution < -0.4 is 10.6 Å². The molecule has 0 atom stereocenters. The molecule has 0 heterocycles. The van der Waals surface area contributed by atoms with Gasteiger partial charge in [-0.2, -0.15) is 0 Å². The second-order valence-electron chi connectivity index (χ2n) is 6.47. The zero-order valence-corrected chi connectivity index (χ0v) is 16.7. The first-order valence-corrected chi connectivity index (χ1v) is 9.57. The number of nitro benzene ring substituents is 1. The van der Waals surface area contributed by atoms with Crippen molar-refractivity contribution in [1.29, 1.82) is 0 Å². The molecule has 0 radical (unpaired) electrons. The van der Waals surface area contributed by atoms with Crippen LogP contribution in [0.5, 0.6) is 0 Å². The Morgan fingerprint density at radius 2 is 1.69 bits per heavy atom. The van der Waals surface area contributed by atoms with Gasteiger partial charge in [0.1, 0.15) is 0 Å². The Bertz CT molecular complexity index is 848. The van der Waals surface area contributed by atoms with Crippen molar-refractivity contribution in [2.45, 2.75) is 20.3 Å². The van der Waals surface area contributed by atoms with Crippen LogP contribution in [0.25, 0.3) is 0 Å². The molecule has 29 heavy (non-hydrogen) atoms. The summed E-state index contributed by atoms with van der Waals surface area (Å²) in [4.78, 5) is 37.2. The zero-order chi connectivity index (χ0) is 21.2. The second-order valence-corrected chi connectivity index (χ2v) is 6.47. The standard InChI is InChI=1S/C21H26N4O4/c1-3-24(4-2)14-13-22-21(27)16-9-11-18(12-10-16)23-20(26)15-17-7-5-6-8-19(17)25(28)29/h5-12H,3-4,13-15H2,1-2H3,(H,22,27)(H,23,26). The van der Waals surface area contributed by atoms with Crippen molar-refractivity contribution in [3.63, 3.8) is 0 Å². The van der Waals surface area contributed by atoms with Gasteiger partial charge in [-0.1, -0.05) is 32.0 Å². The molecule has 0 saturated heterocycles. The van der Waals surface area contributed by atoms with Gasteiger partial charge in [0.2, 0.25) is 5.91 Å². The third kappa shape index (κ3) is 6.69. The predicted octanol–water partition coefficient (Wildman–Crippen LogP) is 2.85. The maximum atomic E-state index is 12.2. The van der Waals surface area contributed by atoms with Crippen molar-refractivity contribution in [3.05, 3.63) is 69.8 Å². The Labute approximate surface area is 170 Å². The molecule has 0 bridgehead atoms. The maximum absolute atomic E-state index is 12.2. The van der Waals surface area contributed by atoms with Crippen LogP contribution in [0.1, 0.15) is 29.8 Å². The van der Waals surface area contributed by atoms with Gasteiger partial charge < -0.3 is 15.5 Å². The summed E-state index contributed by atoms with van der Waals surface area (Å²) in [5, 5.41) is 16.6. The molecule has 2 aromatic carbocycles. The molecule has 0 aliphatic heterocycles. The molecule has 2 aromatic rings. The fourth-order valence-electron chi connectivity index (χ4n) is 2.89. The largest absolute Gasteiger partial charge is 0.351 e. The number of rotatable bonds is 10. The van der Waals surface area contributed by atoms with Crippen LogP contribution in [0.2, 0.25) is 0 Å². The van der Waals surface area contributed by atoms with E-state index < -0.39 is 4.92 Å². The third-order valence-electron chi connectivity index (χ3n) is 4.58. The molecule has 2 rings (SSSR count). The van der Waals surface area contributed by atoms with Crippen molar-refractivity contribution in [2.75, 3.05) is 31.5 Å². The molecular formula is C21H26N4O4. The van der Waals surface area contributed by atoms with Crippen LogP contribution in [-0.4, -0.2) is 47.8 Å². The number of benzene rings is 2. The monoisotopic (exact) mass is 398 g/mol. The summed E-state index contributed by atoms with van der Waals surface area (Å²) in [6.07, 6.45) is -0.106. The number of para-hydroxylation sites is 1. The van der Waals surface area contributed by atoms with Gasteiger partial charge in [-0.3, -0.25) is 19.7 Å². The van der Waals surface area contributed by atoms with Gasteiger partial charge in [0.15, 0.2) is 0 Å². The van der Waals surface area contributed by atoms with Crippen molar-refractivity contribution in [2.24, 2.45) is 0 Å². The number of nitrogens with zero attached hydrogens (tertiary/aromatic N) is 2. The first kappa shape index (κ1) is 22.0. The molecule has 0 aliphatic rings. The quantitative estimate of drug-likeness (QED) is 0.473. The lowest BCUT2D eigenvalue weighted by molar-refractivity contribution is -0.385. The molecule has 0 aromatic heterocycles. The Kier molecular flexibility index (Phi) is 8.29. The summed E-state index contributed by atoms with van der Waals surface area (Å²) < 4.78 is 0. The normalized spacial score (nSPS) is 10.6. The smallest absolute Gasteiger partial charge is 0.273 e. The number of carbonyl (C=O) groups is 2. The molecule has 2 amide bonds. The van der Waals surface area contributed by atoms with Gasteiger partial charge in [0.25, 0.3) is 11.6 Å². The molecule has 8 nitrogen and oxygen atoms in total. The average Bonchev–Trinajstić information content (AvgIpc) is 2.71. The highest BCUT2D eigenvalue weighted by molar-refractivity contribution is 5.96. The summed E-state index contributed by atoms with van der Waals surface area (Å²) in [5.41, 5.74) is 1.29. The van der Waals surface area contributed by atoms with Gasteiger partial charge in [0, 0.05) is 36.0 Å². The highest BCUT2D eigenvalue weighted by atomic mass is 16.6. The van der Waals surface area contributed by atoms with E-state index in [1.165, 1.54) is 6.07 Å². The summed E-state index contributed by atoms with van der Waals surface area (Å²) in [6.45, 7) is 7.38. The van der Waals surface area contributed by atoms with E-state index in [1.807, 2.05) is 0 Å². The van der Waals surface area contributed by atoms with E-state index in [9.17, 15) is 19.7 Å². The summed E-state index contributed by atoms with van der Waals surface area (Å²) in [7, 11) is 0. The number of nitrogens with one attached hydrogen (secondary N) is 2. The van der Waals surface area contributed by atoms with E-state index in [0.29, 0.717) is 23.4 Å². The van der Waals surface area contributed by atoms with Crippen molar-refractivity contribution in [1.82, 2.24) is 10.2 Å². The van der Waals surface area contributed by atoms with E-state index in [1.54, 1.807) is 42.5 Å². The first-order chi connectivity index (χ1) is 13.9. The summed E-state index contributed by atoms with van der Waals surface area (Å²) in [6, 6.07) is 12.7. The Morgan fingerprint density at radius 3 is 2.31 bits per heavy atom. The van der Waals surface area contributed by atoms with Gasteiger partial charge in [0.05, 0.1) is 11.3 Å². The number of likely N-dealkylation sites (N-methyl/N-ethyl adjacent to an activating group) is 1. The lowest BCUT2D eigenvalue weighted by Gasteiger charge is -2.18. The number of nitro groups is 1. The third-order valence-corrected chi connectivity index (χ3v) is 4.58. The fourth-order valence-corrected chi connectivity index (χ4v) is 2.89. The van der Waals surface area contributed by atoms with Gasteiger partial charge in [-0.05, 0) is 37.4 Å². The lowest BCUT2D eigenvalue weighted by Crippen LogP contribution is -2.34. The minimum absolute atomic E-state index is 0.0839. The number of hydrogen-bond donors (Lipinski definition) is 2. The molecule has 0 unspecified atom stereocenters. The van der Waals surface area contributed by atoms with Gasteiger partial charge >= 0.3 is 0 Å². The Hall–Kier alpha value is -3.26. The first-order valence-electron chi connectivity index (χ1n) is 9.57. The highest BCUT2D eigenvalue weighted by Gasteiger charge is 2.15. The molecule has 2 N–H and O–H groups in total. The number of amides is 2. The average molecular weight is 398 g/mol. The van der Waals surface area contributed by atoms with Gasteiger partial charge in [-0.15, -0.1) is 0 Å². The molecule has 154 valence electrons. The molecule has 0 saturated carbocycles. The number of anilines is 1. The SMILES string of the molecule is CCN(CC)CCNC(=O)c1ccc(NC(=O)Cc2ccccc2[N+](=O)[O-])cc1. The molecule has 0 spiro atoms. The van der Waals surface area contributed by atoms with E-state index in [2.05, 4.69) is 29.4 Å². The zero-order valence-electron chi connectivity index (χ0n) is 16.7. The van der Waals surface area contributed by atoms with Crippen LogP contribution in [-0.2, 0) is 11.2 Å². The topological polar surface area (TPSA) is 105 Å². The Balaban J connectivity index is 1.89. The minimum Gasteiger partial charge on any atom is -0.351 e. The van der Waals surface area contributed by atoms with Crippen LogP contribution in [0.15, 0.2) is 48.5 Å². The molecular weight excluding hydrogens is 372 g/mol. The minimum atomic E-state index is -0.504. The maximum Gasteiger partial charge on any atom is 0.273 e.